The second-order valence-corrected chi connectivity index (χ2v) is 7.62. The zero-order chi connectivity index (χ0) is 22.1. The summed E-state index contributed by atoms with van der Waals surface area (Å²) in [6.45, 7) is 0.480. The van der Waals surface area contributed by atoms with Gasteiger partial charge in [0.2, 0.25) is 11.8 Å². The van der Waals surface area contributed by atoms with Crippen LogP contribution >= 0.6 is 11.8 Å². The van der Waals surface area contributed by atoms with Crippen LogP contribution in [0.3, 0.4) is 0 Å². The van der Waals surface area contributed by atoms with Crippen LogP contribution < -0.4 is 16.2 Å². The van der Waals surface area contributed by atoms with Gasteiger partial charge in [0, 0.05) is 18.3 Å². The molecule has 0 aliphatic heterocycles. The third kappa shape index (κ3) is 7.71. The lowest BCUT2D eigenvalue weighted by Crippen LogP contribution is -2.28. The van der Waals surface area contributed by atoms with Crippen LogP contribution in [0.4, 0.5) is 10.1 Å². The first-order valence-corrected chi connectivity index (χ1v) is 10.6. The summed E-state index contributed by atoms with van der Waals surface area (Å²) in [6, 6.07) is 16.6. The Bertz CT molecular complexity index is 1110. The van der Waals surface area contributed by atoms with Crippen LogP contribution in [-0.2, 0) is 22.4 Å². The maximum atomic E-state index is 13.2. The van der Waals surface area contributed by atoms with Crippen LogP contribution in [0.15, 0.2) is 70.6 Å². The average Bonchev–Trinajstić information content (AvgIpc) is 2.73. The van der Waals surface area contributed by atoms with Crippen molar-refractivity contribution in [3.63, 3.8) is 0 Å². The molecule has 0 unspecified atom stereocenters. The number of nitrogens with one attached hydrogen (secondary N) is 3. The van der Waals surface area contributed by atoms with E-state index in [2.05, 4.69) is 20.6 Å². The van der Waals surface area contributed by atoms with Gasteiger partial charge in [-0.1, -0.05) is 48.2 Å². The number of amides is 2. The van der Waals surface area contributed by atoms with Crippen molar-refractivity contribution in [2.75, 3.05) is 17.6 Å². The van der Waals surface area contributed by atoms with Crippen molar-refractivity contribution in [1.29, 1.82) is 0 Å². The van der Waals surface area contributed by atoms with Crippen LogP contribution in [0.25, 0.3) is 0 Å². The Labute approximate surface area is 182 Å². The molecule has 3 aromatic rings. The summed E-state index contributed by atoms with van der Waals surface area (Å²) in [5.41, 5.74) is 1.37. The van der Waals surface area contributed by atoms with E-state index in [1.54, 1.807) is 6.07 Å². The lowest BCUT2D eigenvalue weighted by atomic mass is 10.1. The van der Waals surface area contributed by atoms with Crippen molar-refractivity contribution in [2.24, 2.45) is 0 Å². The molecule has 31 heavy (non-hydrogen) atoms. The Morgan fingerprint density at radius 2 is 1.84 bits per heavy atom. The number of hydrogen-bond donors (Lipinski definition) is 3. The summed E-state index contributed by atoms with van der Waals surface area (Å²) in [5.74, 6) is -1.10. The summed E-state index contributed by atoms with van der Waals surface area (Å²) < 4.78 is 13.2. The molecule has 0 saturated carbocycles. The number of carbonyl (C=O) groups excluding carboxylic acids is 2. The zero-order valence-electron chi connectivity index (χ0n) is 16.6. The highest BCUT2D eigenvalue weighted by Crippen LogP contribution is 2.14. The van der Waals surface area contributed by atoms with Gasteiger partial charge in [0.15, 0.2) is 5.16 Å². The molecule has 0 spiro atoms. The third-order valence-corrected chi connectivity index (χ3v) is 5.02. The first-order valence-electron chi connectivity index (χ1n) is 9.57. The molecule has 2 aromatic carbocycles. The highest BCUT2D eigenvalue weighted by molar-refractivity contribution is 7.99. The molecular formula is C22H21FN4O3S. The van der Waals surface area contributed by atoms with Crippen molar-refractivity contribution in [2.45, 2.75) is 18.0 Å². The second kappa shape index (κ2) is 11.1. The quantitative estimate of drug-likeness (QED) is 0.350. The van der Waals surface area contributed by atoms with Gasteiger partial charge in [-0.15, -0.1) is 0 Å². The summed E-state index contributed by atoms with van der Waals surface area (Å²) in [4.78, 5) is 42.9. The number of aromatic nitrogens is 2. The van der Waals surface area contributed by atoms with Crippen molar-refractivity contribution >= 4 is 29.3 Å². The maximum Gasteiger partial charge on any atom is 0.251 e. The average molecular weight is 441 g/mol. The molecule has 0 atom stereocenters. The normalized spacial score (nSPS) is 10.5. The lowest BCUT2D eigenvalue weighted by Gasteiger charge is -2.07. The van der Waals surface area contributed by atoms with Crippen molar-refractivity contribution < 1.29 is 14.0 Å². The van der Waals surface area contributed by atoms with Gasteiger partial charge in [0.1, 0.15) is 5.82 Å². The van der Waals surface area contributed by atoms with Crippen LogP contribution in [-0.4, -0.2) is 34.1 Å². The Morgan fingerprint density at radius 1 is 1.03 bits per heavy atom. The molecule has 0 fully saturated rings. The monoisotopic (exact) mass is 440 g/mol. The van der Waals surface area contributed by atoms with Gasteiger partial charge in [-0.3, -0.25) is 14.4 Å². The molecule has 0 aliphatic rings. The molecule has 0 radical (unpaired) electrons. The number of H-pyrrole nitrogens is 1. The van der Waals surface area contributed by atoms with Gasteiger partial charge < -0.3 is 15.6 Å². The Morgan fingerprint density at radius 3 is 2.61 bits per heavy atom. The van der Waals surface area contributed by atoms with E-state index in [-0.39, 0.29) is 29.1 Å². The van der Waals surface area contributed by atoms with Gasteiger partial charge in [-0.05, 0) is 30.2 Å². The first-order chi connectivity index (χ1) is 15.0. The number of carbonyl (C=O) groups is 2. The minimum absolute atomic E-state index is 0.0355. The maximum absolute atomic E-state index is 13.2. The number of hydrogen-bond acceptors (Lipinski definition) is 5. The van der Waals surface area contributed by atoms with E-state index >= 15 is 0 Å². The lowest BCUT2D eigenvalue weighted by molar-refractivity contribution is -0.120. The summed E-state index contributed by atoms with van der Waals surface area (Å²) in [7, 11) is 0. The van der Waals surface area contributed by atoms with Gasteiger partial charge in [0.25, 0.3) is 5.56 Å². The number of halogens is 1. The second-order valence-electron chi connectivity index (χ2n) is 6.65. The minimum atomic E-state index is -0.453. The molecule has 9 heteroatoms. The summed E-state index contributed by atoms with van der Waals surface area (Å²) >= 11 is 1.02. The van der Waals surface area contributed by atoms with E-state index < -0.39 is 11.4 Å². The topological polar surface area (TPSA) is 104 Å². The van der Waals surface area contributed by atoms with Crippen LogP contribution in [0.2, 0.25) is 0 Å². The number of benzene rings is 2. The summed E-state index contributed by atoms with van der Waals surface area (Å²) in [6.07, 6.45) is 0.665. The number of thioether (sulfide) groups is 1. The van der Waals surface area contributed by atoms with Crippen molar-refractivity contribution in [3.8, 4) is 0 Å². The number of aromatic amines is 1. The van der Waals surface area contributed by atoms with Crippen LogP contribution in [0.1, 0.15) is 11.3 Å². The SMILES string of the molecule is O=C(Cc1cc(=O)[nH]c(SCC(=O)Nc2cccc(F)c2)n1)NCCc1ccccc1. The first kappa shape index (κ1) is 22.2. The predicted octanol–water partition coefficient (Wildman–Crippen LogP) is 2.54. The van der Waals surface area contributed by atoms with E-state index in [4.69, 9.17) is 0 Å². The zero-order valence-corrected chi connectivity index (χ0v) is 17.4. The molecule has 1 heterocycles. The number of nitrogens with zero attached hydrogens (tertiary/aromatic N) is 1. The molecule has 0 bridgehead atoms. The number of rotatable bonds is 9. The molecular weight excluding hydrogens is 419 g/mol. The Kier molecular flexibility index (Phi) is 7.94. The van der Waals surface area contributed by atoms with Gasteiger partial charge in [-0.25, -0.2) is 9.37 Å². The van der Waals surface area contributed by atoms with Gasteiger partial charge in [0.05, 0.1) is 17.9 Å². The Hall–Kier alpha value is -3.46. The molecule has 3 rings (SSSR count). The standard InChI is InChI=1S/C22H21FN4O3S/c23-16-7-4-8-17(11-16)25-21(30)14-31-22-26-18(13-20(29)27-22)12-19(28)24-10-9-15-5-2-1-3-6-15/h1-8,11,13H,9-10,12,14H2,(H,24,28)(H,25,30)(H,26,27,29). The fraction of sp³-hybridized carbons (Fsp3) is 0.182. The summed E-state index contributed by atoms with van der Waals surface area (Å²) in [5, 5.41) is 5.61. The molecule has 160 valence electrons. The highest BCUT2D eigenvalue weighted by Gasteiger charge is 2.10. The highest BCUT2D eigenvalue weighted by atomic mass is 32.2. The van der Waals surface area contributed by atoms with Gasteiger partial charge >= 0.3 is 0 Å². The smallest absolute Gasteiger partial charge is 0.251 e. The van der Waals surface area contributed by atoms with E-state index in [0.29, 0.717) is 24.3 Å². The fourth-order valence-electron chi connectivity index (χ4n) is 2.76. The van der Waals surface area contributed by atoms with Crippen LogP contribution in [0, 0.1) is 5.82 Å². The Balaban J connectivity index is 1.49. The van der Waals surface area contributed by atoms with Crippen molar-refractivity contribution in [1.82, 2.24) is 15.3 Å². The van der Waals surface area contributed by atoms with Crippen molar-refractivity contribution in [3.05, 3.63) is 88.1 Å². The fourth-order valence-corrected chi connectivity index (χ4v) is 3.45. The van der Waals surface area contributed by atoms with Gasteiger partial charge in [-0.2, -0.15) is 0 Å². The van der Waals surface area contributed by atoms with E-state index in [1.165, 1.54) is 24.3 Å². The molecule has 0 saturated heterocycles. The third-order valence-electron chi connectivity index (χ3n) is 4.14. The molecule has 3 N–H and O–H groups in total. The molecule has 1 aromatic heterocycles. The van der Waals surface area contributed by atoms with E-state index in [1.807, 2.05) is 30.3 Å². The van der Waals surface area contributed by atoms with E-state index in [9.17, 15) is 18.8 Å². The molecule has 7 nitrogen and oxygen atoms in total. The largest absolute Gasteiger partial charge is 0.355 e. The van der Waals surface area contributed by atoms with E-state index in [0.717, 1.165) is 17.3 Å². The molecule has 0 aliphatic carbocycles. The minimum Gasteiger partial charge on any atom is -0.355 e. The predicted molar refractivity (Wildman–Crippen MR) is 117 cm³/mol. The van der Waals surface area contributed by atoms with Crippen LogP contribution in [0.5, 0.6) is 0 Å². The number of anilines is 1. The molecule has 2 amide bonds.